The maximum absolute atomic E-state index is 13.3. The summed E-state index contributed by atoms with van der Waals surface area (Å²) >= 11 is 0. The highest BCUT2D eigenvalue weighted by molar-refractivity contribution is 6.07. The van der Waals surface area contributed by atoms with E-state index in [4.69, 9.17) is 0 Å². The van der Waals surface area contributed by atoms with Gasteiger partial charge in [0.2, 0.25) is 5.95 Å². The number of hydrogen-bond donors (Lipinski definition) is 2. The molecule has 108 valence electrons. The zero-order valence-corrected chi connectivity index (χ0v) is 10.8. The Morgan fingerprint density at radius 2 is 1.95 bits per heavy atom. The van der Waals surface area contributed by atoms with E-state index >= 15 is 0 Å². The number of aromatic carboxylic acids is 2. The minimum absolute atomic E-state index is 0.202. The number of fused-ring (bicyclic) bond motifs is 1. The molecule has 2 aromatic heterocycles. The normalized spacial score (nSPS) is 13.2. The van der Waals surface area contributed by atoms with Gasteiger partial charge in [0, 0.05) is 30.1 Å². The van der Waals surface area contributed by atoms with Crippen molar-refractivity contribution in [3.8, 4) is 11.3 Å². The highest BCUT2D eigenvalue weighted by Gasteiger charge is 2.33. The summed E-state index contributed by atoms with van der Waals surface area (Å²) in [6, 6.07) is 2.58. The molecule has 2 aromatic rings. The fraction of sp³-hybridized carbons (Fsp3) is 0.214. The third-order valence-corrected chi connectivity index (χ3v) is 3.59. The van der Waals surface area contributed by atoms with Gasteiger partial charge in [-0.25, -0.2) is 14.6 Å². The van der Waals surface area contributed by atoms with Crippen molar-refractivity contribution in [1.29, 1.82) is 0 Å². The van der Waals surface area contributed by atoms with Gasteiger partial charge in [-0.1, -0.05) is 0 Å². The summed E-state index contributed by atoms with van der Waals surface area (Å²) < 4.78 is 15.0. The van der Waals surface area contributed by atoms with E-state index in [1.165, 1.54) is 12.3 Å². The zero-order chi connectivity index (χ0) is 15.1. The second kappa shape index (κ2) is 4.69. The molecular weight excluding hydrogens is 279 g/mol. The van der Waals surface area contributed by atoms with E-state index in [-0.39, 0.29) is 16.8 Å². The maximum Gasteiger partial charge on any atom is 0.338 e. The largest absolute Gasteiger partial charge is 0.478 e. The molecule has 2 N–H and O–H groups in total. The first kappa shape index (κ1) is 13.3. The molecule has 0 amide bonds. The predicted octanol–water partition coefficient (Wildman–Crippen LogP) is 2.03. The van der Waals surface area contributed by atoms with Crippen LogP contribution in [0.4, 0.5) is 4.39 Å². The Kier molecular flexibility index (Phi) is 2.97. The van der Waals surface area contributed by atoms with E-state index < -0.39 is 17.9 Å². The second-order valence-corrected chi connectivity index (χ2v) is 4.78. The van der Waals surface area contributed by atoms with Crippen LogP contribution in [0.1, 0.15) is 32.8 Å². The van der Waals surface area contributed by atoms with Gasteiger partial charge in [-0.2, -0.15) is 4.39 Å². The van der Waals surface area contributed by atoms with Crippen molar-refractivity contribution in [2.75, 3.05) is 0 Å². The van der Waals surface area contributed by atoms with E-state index in [1.54, 1.807) is 4.57 Å². The molecule has 0 bridgehead atoms. The number of pyridine rings is 1. The first-order chi connectivity index (χ1) is 10.0. The fourth-order valence-electron chi connectivity index (χ4n) is 2.87. The van der Waals surface area contributed by atoms with Crippen LogP contribution in [0.25, 0.3) is 11.3 Å². The van der Waals surface area contributed by atoms with E-state index in [9.17, 15) is 24.2 Å². The average molecular weight is 290 g/mol. The van der Waals surface area contributed by atoms with Gasteiger partial charge in [-0.05, 0) is 18.9 Å². The summed E-state index contributed by atoms with van der Waals surface area (Å²) in [5, 5.41) is 18.7. The molecule has 0 spiro atoms. The second-order valence-electron chi connectivity index (χ2n) is 4.78. The molecule has 0 fully saturated rings. The first-order valence-electron chi connectivity index (χ1n) is 6.34. The summed E-state index contributed by atoms with van der Waals surface area (Å²) in [6.07, 6.45) is 2.46. The van der Waals surface area contributed by atoms with Gasteiger partial charge < -0.3 is 14.8 Å². The van der Waals surface area contributed by atoms with Crippen LogP contribution in [0.2, 0.25) is 0 Å². The standard InChI is InChI=1S/C14H11FN2O4/c15-9-6-7(3-4-16-9)12-11(14(20)21)10(13(18)19)8-2-1-5-17(8)12/h3-4,6H,1-2,5H2,(H,18,19)(H,20,21). The number of aromatic nitrogens is 2. The van der Waals surface area contributed by atoms with Crippen LogP contribution in [0, 0.1) is 5.95 Å². The lowest BCUT2D eigenvalue weighted by molar-refractivity contribution is 0.0652. The van der Waals surface area contributed by atoms with Gasteiger partial charge in [0.25, 0.3) is 0 Å². The highest BCUT2D eigenvalue weighted by Crippen LogP contribution is 2.36. The molecule has 1 aliphatic heterocycles. The Morgan fingerprint density at radius 1 is 1.24 bits per heavy atom. The lowest BCUT2D eigenvalue weighted by Crippen LogP contribution is -2.08. The zero-order valence-electron chi connectivity index (χ0n) is 10.8. The van der Waals surface area contributed by atoms with Crippen LogP contribution in [-0.4, -0.2) is 31.7 Å². The number of halogens is 1. The van der Waals surface area contributed by atoms with Gasteiger partial charge >= 0.3 is 11.9 Å². The Balaban J connectivity index is 2.37. The molecule has 1 aliphatic rings. The van der Waals surface area contributed by atoms with Gasteiger partial charge in [0.15, 0.2) is 0 Å². The summed E-state index contributed by atoms with van der Waals surface area (Å²) in [5.74, 6) is -3.35. The summed E-state index contributed by atoms with van der Waals surface area (Å²) in [6.45, 7) is 0.516. The van der Waals surface area contributed by atoms with Gasteiger partial charge in [0.1, 0.15) is 0 Å². The van der Waals surface area contributed by atoms with Crippen molar-refractivity contribution in [3.05, 3.63) is 41.1 Å². The number of nitrogens with zero attached hydrogens (tertiary/aromatic N) is 2. The third kappa shape index (κ3) is 1.97. The molecule has 0 saturated carbocycles. The lowest BCUT2D eigenvalue weighted by atomic mass is 10.0. The number of carboxylic acids is 2. The fourth-order valence-corrected chi connectivity index (χ4v) is 2.87. The smallest absolute Gasteiger partial charge is 0.338 e. The maximum atomic E-state index is 13.3. The molecule has 0 saturated heterocycles. The topological polar surface area (TPSA) is 92.4 Å². The van der Waals surface area contributed by atoms with Crippen LogP contribution in [0.15, 0.2) is 18.3 Å². The van der Waals surface area contributed by atoms with Crippen LogP contribution in [0.5, 0.6) is 0 Å². The number of carbonyl (C=O) groups is 2. The Bertz CT molecular complexity index is 767. The third-order valence-electron chi connectivity index (χ3n) is 3.59. The molecule has 0 atom stereocenters. The molecule has 21 heavy (non-hydrogen) atoms. The number of carboxylic acid groups (broad SMARTS) is 2. The average Bonchev–Trinajstić information content (AvgIpc) is 2.96. The minimum Gasteiger partial charge on any atom is -0.478 e. The molecule has 7 heteroatoms. The summed E-state index contributed by atoms with van der Waals surface area (Å²) in [7, 11) is 0. The van der Waals surface area contributed by atoms with E-state index in [0.717, 1.165) is 12.5 Å². The SMILES string of the molecule is O=C(O)c1c(C(=O)O)c(-c2ccnc(F)c2)n2c1CCC2. The van der Waals surface area contributed by atoms with Crippen molar-refractivity contribution in [2.45, 2.75) is 19.4 Å². The summed E-state index contributed by atoms with van der Waals surface area (Å²) in [5.41, 5.74) is 0.534. The van der Waals surface area contributed by atoms with Crippen LogP contribution in [-0.2, 0) is 13.0 Å². The predicted molar refractivity (Wildman–Crippen MR) is 69.9 cm³/mol. The van der Waals surface area contributed by atoms with Crippen LogP contribution in [0.3, 0.4) is 0 Å². The van der Waals surface area contributed by atoms with Crippen molar-refractivity contribution in [2.24, 2.45) is 0 Å². The van der Waals surface area contributed by atoms with Gasteiger partial charge in [-0.15, -0.1) is 0 Å². The molecular formula is C14H11FN2O4. The molecule has 3 heterocycles. The van der Waals surface area contributed by atoms with Crippen molar-refractivity contribution in [3.63, 3.8) is 0 Å². The van der Waals surface area contributed by atoms with Crippen LogP contribution < -0.4 is 0 Å². The molecule has 0 unspecified atom stereocenters. The monoisotopic (exact) mass is 290 g/mol. The quantitative estimate of drug-likeness (QED) is 0.844. The Labute approximate surface area is 118 Å². The minimum atomic E-state index is -1.33. The highest BCUT2D eigenvalue weighted by atomic mass is 19.1. The molecule has 6 nitrogen and oxygen atoms in total. The van der Waals surface area contributed by atoms with Gasteiger partial charge in [-0.3, -0.25) is 0 Å². The lowest BCUT2D eigenvalue weighted by Gasteiger charge is -2.07. The number of rotatable bonds is 3. The van der Waals surface area contributed by atoms with E-state index in [0.29, 0.717) is 24.2 Å². The summed E-state index contributed by atoms with van der Waals surface area (Å²) in [4.78, 5) is 26.4. The molecule has 3 rings (SSSR count). The van der Waals surface area contributed by atoms with Crippen molar-refractivity contribution in [1.82, 2.24) is 9.55 Å². The molecule has 0 aliphatic carbocycles. The van der Waals surface area contributed by atoms with Crippen molar-refractivity contribution >= 4 is 11.9 Å². The van der Waals surface area contributed by atoms with E-state index in [2.05, 4.69) is 4.98 Å². The molecule has 0 aromatic carbocycles. The Morgan fingerprint density at radius 3 is 2.57 bits per heavy atom. The van der Waals surface area contributed by atoms with Crippen molar-refractivity contribution < 1.29 is 24.2 Å². The van der Waals surface area contributed by atoms with Crippen LogP contribution >= 0.6 is 0 Å². The Hall–Kier alpha value is -2.70. The molecule has 0 radical (unpaired) electrons. The number of hydrogen-bond acceptors (Lipinski definition) is 3. The van der Waals surface area contributed by atoms with Gasteiger partial charge in [0.05, 0.1) is 16.8 Å². The van der Waals surface area contributed by atoms with E-state index in [1.807, 2.05) is 0 Å². The first-order valence-corrected chi connectivity index (χ1v) is 6.34.